The number of hydroxylamine groups is 2. The van der Waals surface area contributed by atoms with Crippen LogP contribution in [0.1, 0.15) is 137 Å². The third kappa shape index (κ3) is 10.7. The molecule has 1 aliphatic heterocycles. The lowest BCUT2D eigenvalue weighted by Gasteiger charge is -2.56. The third-order valence-electron chi connectivity index (χ3n) is 9.11. The number of piperidine rings is 1. The Morgan fingerprint density at radius 1 is 1.00 bits per heavy atom. The van der Waals surface area contributed by atoms with Crippen LogP contribution >= 0.6 is 0 Å². The van der Waals surface area contributed by atoms with Crippen molar-refractivity contribution in [1.82, 2.24) is 15.0 Å². The number of unbranched alkanes of at least 4 members (excludes halogenated alkanes) is 9. The number of aromatic amines is 1. The van der Waals surface area contributed by atoms with Crippen LogP contribution in [0.15, 0.2) is 12.5 Å². The summed E-state index contributed by atoms with van der Waals surface area (Å²) in [6, 6.07) is -0.997. The van der Waals surface area contributed by atoms with Crippen molar-refractivity contribution in [3.63, 3.8) is 0 Å². The van der Waals surface area contributed by atoms with Gasteiger partial charge in [0.2, 0.25) is 0 Å². The molecule has 1 unspecified atom stereocenters. The lowest BCUT2D eigenvalue weighted by atomic mass is 9.58. The first-order valence-corrected chi connectivity index (χ1v) is 16.4. The van der Waals surface area contributed by atoms with Crippen molar-refractivity contribution in [1.29, 1.82) is 0 Å². The highest BCUT2D eigenvalue weighted by molar-refractivity contribution is 6.06. The summed E-state index contributed by atoms with van der Waals surface area (Å²) in [5.74, 6) is -2.80. The summed E-state index contributed by atoms with van der Waals surface area (Å²) < 4.78 is 0. The molecule has 0 saturated carbocycles. The molecule has 0 radical (unpaired) electrons. The number of nitrogens with two attached hydrogens (primary N) is 1. The Balaban J connectivity index is 2.24. The van der Waals surface area contributed by atoms with Gasteiger partial charge in [-0.1, -0.05) is 64.7 Å². The predicted molar refractivity (Wildman–Crippen MR) is 167 cm³/mol. The molecule has 1 aliphatic rings. The fraction of sp³-hybridized carbons (Fsp3) is 0.818. The number of carbonyl (C=O) groups is 3. The van der Waals surface area contributed by atoms with E-state index < -0.39 is 46.2 Å². The van der Waals surface area contributed by atoms with E-state index in [0.29, 0.717) is 38.0 Å². The Hall–Kier alpha value is -2.30. The maximum absolute atomic E-state index is 14.2. The molecule has 0 amide bonds. The lowest BCUT2D eigenvalue weighted by molar-refractivity contribution is -0.292. The van der Waals surface area contributed by atoms with Crippen molar-refractivity contribution in [3.8, 4) is 0 Å². The van der Waals surface area contributed by atoms with E-state index in [2.05, 4.69) is 44.6 Å². The number of Topliss-reactive ketones (excluding diaryl/α,β-unsaturated/α-hetero) is 1. The summed E-state index contributed by atoms with van der Waals surface area (Å²) in [4.78, 5) is 51.9. The maximum Gasteiger partial charge on any atom is 0.317 e. The zero-order valence-electron chi connectivity index (χ0n) is 27.3. The second-order valence-corrected chi connectivity index (χ2v) is 13.8. The lowest BCUT2D eigenvalue weighted by Crippen LogP contribution is -2.65. The molecule has 1 aromatic heterocycles. The van der Waals surface area contributed by atoms with Crippen molar-refractivity contribution in [2.45, 2.75) is 154 Å². The average molecular weight is 607 g/mol. The van der Waals surface area contributed by atoms with Crippen LogP contribution in [0.3, 0.4) is 0 Å². The fourth-order valence-corrected chi connectivity index (χ4v) is 7.18. The van der Waals surface area contributed by atoms with E-state index in [-0.39, 0.29) is 19.3 Å². The molecule has 0 aliphatic carbocycles. The molecular formula is C33H58N4O6. The van der Waals surface area contributed by atoms with Gasteiger partial charge in [0, 0.05) is 30.1 Å². The number of H-pyrrole nitrogens is 1. The van der Waals surface area contributed by atoms with E-state index in [4.69, 9.17) is 15.7 Å². The van der Waals surface area contributed by atoms with Crippen molar-refractivity contribution in [3.05, 3.63) is 18.2 Å². The van der Waals surface area contributed by atoms with Crippen LogP contribution in [0.25, 0.3) is 0 Å². The molecule has 1 saturated heterocycles. The van der Waals surface area contributed by atoms with Gasteiger partial charge in [0.25, 0.3) is 0 Å². The van der Waals surface area contributed by atoms with Crippen LogP contribution in [-0.4, -0.2) is 66.7 Å². The minimum Gasteiger partial charge on any atom is -0.481 e. The number of hydrogen-bond donors (Lipinski definition) is 4. The number of carboxylic acid groups (broad SMARTS) is 2. The molecule has 0 spiro atoms. The van der Waals surface area contributed by atoms with E-state index in [1.807, 2.05) is 5.06 Å². The summed E-state index contributed by atoms with van der Waals surface area (Å²) in [5.41, 5.74) is 4.44. The Morgan fingerprint density at radius 3 is 2.14 bits per heavy atom. The first kappa shape index (κ1) is 36.9. The Bertz CT molecular complexity index is 978. The summed E-state index contributed by atoms with van der Waals surface area (Å²) in [6.07, 6.45) is 15.1. The molecule has 0 aromatic carbocycles. The Morgan fingerprint density at radius 2 is 1.58 bits per heavy atom. The van der Waals surface area contributed by atoms with Gasteiger partial charge in [-0.2, -0.15) is 5.06 Å². The number of nitrogens with one attached hydrogen (secondary N) is 1. The summed E-state index contributed by atoms with van der Waals surface area (Å²) in [7, 11) is 0. The smallest absolute Gasteiger partial charge is 0.317 e. The third-order valence-corrected chi connectivity index (χ3v) is 9.11. The van der Waals surface area contributed by atoms with Gasteiger partial charge < -0.3 is 20.9 Å². The summed E-state index contributed by atoms with van der Waals surface area (Å²) in [6.45, 7) is 11.1. The van der Waals surface area contributed by atoms with Crippen LogP contribution in [-0.2, 0) is 25.6 Å². The topological polar surface area (TPSA) is 159 Å². The molecule has 43 heavy (non-hydrogen) atoms. The SMILES string of the molecule is CCCCCCCCON1C(C)(C)CC(C(CCCCCCCC(=O)O)(C(=O)O)C(=O)[C@@H](N)Cc2c[nH]cn2)CC1(C)C. The van der Waals surface area contributed by atoms with Gasteiger partial charge >= 0.3 is 11.9 Å². The molecule has 1 aromatic rings. The standard InChI is InChI=1S/C33H58N4O6/c1-6-7-8-9-13-16-19-43-37-31(2,3)21-25(22-32(37,4)5)33(30(41)42,18-15-12-10-11-14-17-28(38)39)29(40)27(34)20-26-23-35-24-36-26/h23-25,27H,6-22,34H2,1-5H3,(H,35,36)(H,38,39)(H,41,42)/t27-,33?/m0/s1. The number of nitrogens with zero attached hydrogens (tertiary/aromatic N) is 2. The molecule has 246 valence electrons. The molecule has 2 atom stereocenters. The van der Waals surface area contributed by atoms with Crippen molar-refractivity contribution >= 4 is 17.7 Å². The number of hydrogen-bond acceptors (Lipinski definition) is 7. The molecule has 2 rings (SSSR count). The minimum atomic E-state index is -1.64. The first-order valence-electron chi connectivity index (χ1n) is 16.4. The summed E-state index contributed by atoms with van der Waals surface area (Å²) in [5, 5.41) is 21.8. The van der Waals surface area contributed by atoms with Crippen molar-refractivity contribution in [2.75, 3.05) is 6.61 Å². The second-order valence-electron chi connectivity index (χ2n) is 13.8. The molecule has 10 heteroatoms. The van der Waals surface area contributed by atoms with E-state index >= 15 is 0 Å². The normalized spacial score (nSPS) is 19.1. The number of carbonyl (C=O) groups excluding carboxylic acids is 1. The molecule has 0 bridgehead atoms. The van der Waals surface area contributed by atoms with Crippen LogP contribution in [0, 0.1) is 11.3 Å². The van der Waals surface area contributed by atoms with Gasteiger partial charge in [-0.3, -0.25) is 19.2 Å². The highest BCUT2D eigenvalue weighted by Gasteiger charge is 2.59. The quantitative estimate of drug-likeness (QED) is 0.0878. The number of imidazole rings is 1. The number of ketones is 1. The Labute approximate surface area is 258 Å². The molecule has 10 nitrogen and oxygen atoms in total. The second kappa shape index (κ2) is 17.3. The van der Waals surface area contributed by atoms with E-state index in [1.165, 1.54) is 32.0 Å². The molecule has 1 fully saturated rings. The molecule has 2 heterocycles. The van der Waals surface area contributed by atoms with Gasteiger partial charge in [-0.05, 0) is 65.7 Å². The number of carboxylic acids is 2. The van der Waals surface area contributed by atoms with Crippen molar-refractivity contribution < 1.29 is 29.4 Å². The maximum atomic E-state index is 14.2. The number of rotatable bonds is 22. The highest BCUT2D eigenvalue weighted by atomic mass is 16.7. The summed E-state index contributed by atoms with van der Waals surface area (Å²) >= 11 is 0. The van der Waals surface area contributed by atoms with Crippen LogP contribution in [0.2, 0.25) is 0 Å². The van der Waals surface area contributed by atoms with Gasteiger partial charge in [-0.25, -0.2) is 4.98 Å². The fourth-order valence-electron chi connectivity index (χ4n) is 7.18. The van der Waals surface area contributed by atoms with E-state index in [0.717, 1.165) is 32.1 Å². The highest BCUT2D eigenvalue weighted by Crippen LogP contribution is 2.51. The zero-order valence-corrected chi connectivity index (χ0v) is 27.3. The average Bonchev–Trinajstić information content (AvgIpc) is 3.42. The van der Waals surface area contributed by atoms with Gasteiger partial charge in [-0.15, -0.1) is 0 Å². The zero-order chi connectivity index (χ0) is 32.1. The van der Waals surface area contributed by atoms with Crippen LogP contribution in [0.4, 0.5) is 0 Å². The van der Waals surface area contributed by atoms with Gasteiger partial charge in [0.05, 0.1) is 24.7 Å². The monoisotopic (exact) mass is 606 g/mol. The van der Waals surface area contributed by atoms with Crippen molar-refractivity contribution in [2.24, 2.45) is 17.1 Å². The van der Waals surface area contributed by atoms with Crippen LogP contribution < -0.4 is 5.73 Å². The Kier molecular flexibility index (Phi) is 14.8. The molecule has 5 N–H and O–H groups in total. The molecular weight excluding hydrogens is 548 g/mol. The van der Waals surface area contributed by atoms with E-state index in [1.54, 1.807) is 6.20 Å². The number of aromatic nitrogens is 2. The first-order chi connectivity index (χ1) is 20.3. The van der Waals surface area contributed by atoms with Crippen LogP contribution in [0.5, 0.6) is 0 Å². The predicted octanol–water partition coefficient (Wildman–Crippen LogP) is 6.30. The minimum absolute atomic E-state index is 0.128. The number of aliphatic carboxylic acids is 2. The van der Waals surface area contributed by atoms with E-state index in [9.17, 15) is 19.5 Å². The van der Waals surface area contributed by atoms with Gasteiger partial charge in [0.1, 0.15) is 5.41 Å². The largest absolute Gasteiger partial charge is 0.481 e. The van der Waals surface area contributed by atoms with Gasteiger partial charge in [0.15, 0.2) is 5.78 Å².